The van der Waals surface area contributed by atoms with E-state index in [-0.39, 0.29) is 5.12 Å². The zero-order chi connectivity index (χ0) is 15.0. The average Bonchev–Trinajstić information content (AvgIpc) is 3.05. The lowest BCUT2D eigenvalue weighted by Gasteiger charge is -1.98. The van der Waals surface area contributed by atoms with Crippen LogP contribution in [-0.4, -0.2) is 15.1 Å². The van der Waals surface area contributed by atoms with E-state index in [2.05, 4.69) is 22.6 Å². The van der Waals surface area contributed by atoms with Crippen molar-refractivity contribution in [2.24, 2.45) is 0 Å². The van der Waals surface area contributed by atoms with Crippen LogP contribution in [0.25, 0.3) is 21.8 Å². The van der Waals surface area contributed by atoms with Crippen LogP contribution < -0.4 is 0 Å². The van der Waals surface area contributed by atoms with Crippen molar-refractivity contribution in [1.82, 2.24) is 9.97 Å². The normalized spacial score (nSPS) is 10.8. The van der Waals surface area contributed by atoms with Gasteiger partial charge in [-0.1, -0.05) is 24.2 Å². The fourth-order valence-electron chi connectivity index (χ4n) is 1.90. The minimum absolute atomic E-state index is 0.221. The number of aryl methyl sites for hydroxylation is 1. The van der Waals surface area contributed by atoms with Crippen LogP contribution in [0.2, 0.25) is 5.15 Å². The van der Waals surface area contributed by atoms with Gasteiger partial charge in [0.05, 0.1) is 10.6 Å². The highest BCUT2D eigenvalue weighted by molar-refractivity contribution is 7.97. The van der Waals surface area contributed by atoms with Crippen LogP contribution in [0.1, 0.15) is 14.5 Å². The van der Waals surface area contributed by atoms with Crippen LogP contribution in [0.3, 0.4) is 0 Å². The average molecular weight is 353 g/mol. The molecule has 0 saturated carbocycles. The van der Waals surface area contributed by atoms with Crippen molar-refractivity contribution >= 4 is 52.0 Å². The molecular weight excluding hydrogens is 344 g/mol. The molecule has 0 amide bonds. The van der Waals surface area contributed by atoms with Crippen LogP contribution in [0.4, 0.5) is 0 Å². The molecule has 0 N–H and O–H groups in total. The fourth-order valence-corrected chi connectivity index (χ4v) is 4.13. The van der Waals surface area contributed by atoms with Gasteiger partial charge in [0.25, 0.3) is 0 Å². The summed E-state index contributed by atoms with van der Waals surface area (Å²) >= 11 is 12.9. The first-order valence-electron chi connectivity index (χ1n) is 5.97. The van der Waals surface area contributed by atoms with E-state index in [9.17, 15) is 4.79 Å². The molecule has 0 aliphatic heterocycles. The van der Waals surface area contributed by atoms with Gasteiger partial charge in [0, 0.05) is 27.6 Å². The van der Waals surface area contributed by atoms with Crippen molar-refractivity contribution in [3.63, 3.8) is 0 Å². The summed E-state index contributed by atoms with van der Waals surface area (Å²) < 4.78 is 0. The van der Waals surface area contributed by atoms with E-state index >= 15 is 0 Å². The van der Waals surface area contributed by atoms with Gasteiger partial charge in [-0.05, 0) is 25.1 Å². The number of rotatable bonds is 3. The molecule has 0 unspecified atom stereocenters. The maximum atomic E-state index is 11.3. The summed E-state index contributed by atoms with van der Waals surface area (Å²) in [6.45, 7) is 1.97. The predicted octanol–water partition coefficient (Wildman–Crippen LogP) is 4.97. The molecule has 21 heavy (non-hydrogen) atoms. The Bertz CT molecular complexity index is 825. The zero-order valence-corrected chi connectivity index (χ0v) is 14.1. The number of pyridine rings is 1. The monoisotopic (exact) mass is 352 g/mol. The highest BCUT2D eigenvalue weighted by Gasteiger charge is 2.15. The van der Waals surface area contributed by atoms with E-state index in [4.69, 9.17) is 11.6 Å². The van der Waals surface area contributed by atoms with Gasteiger partial charge in [-0.3, -0.25) is 4.79 Å². The van der Waals surface area contributed by atoms with Crippen LogP contribution in [0, 0.1) is 6.92 Å². The number of thiol groups is 1. The Morgan fingerprint density at radius 3 is 2.86 bits per heavy atom. The van der Waals surface area contributed by atoms with E-state index in [0.29, 0.717) is 10.0 Å². The van der Waals surface area contributed by atoms with E-state index in [1.54, 1.807) is 6.20 Å². The van der Waals surface area contributed by atoms with Crippen molar-refractivity contribution < 1.29 is 4.79 Å². The SMILES string of the molecule is Cc1sc(C(=O)S)cc1-c1nc(-c2cccnc2Cl)cs1. The van der Waals surface area contributed by atoms with Crippen LogP contribution >= 0.6 is 46.9 Å². The first-order chi connectivity index (χ1) is 10.1. The molecule has 0 aliphatic carbocycles. The Kier molecular flexibility index (Phi) is 4.12. The summed E-state index contributed by atoms with van der Waals surface area (Å²) in [6.07, 6.45) is 1.65. The van der Waals surface area contributed by atoms with Crippen molar-refractivity contribution in [3.8, 4) is 21.8 Å². The van der Waals surface area contributed by atoms with Crippen molar-refractivity contribution in [2.45, 2.75) is 6.92 Å². The van der Waals surface area contributed by atoms with E-state index in [1.165, 1.54) is 22.7 Å². The molecule has 0 spiro atoms. The third-order valence-corrected chi connectivity index (χ3v) is 5.52. The number of halogens is 1. The highest BCUT2D eigenvalue weighted by Crippen LogP contribution is 2.36. The van der Waals surface area contributed by atoms with Crippen LogP contribution in [0.5, 0.6) is 0 Å². The Hall–Kier alpha value is -1.21. The van der Waals surface area contributed by atoms with Crippen LogP contribution in [-0.2, 0) is 0 Å². The van der Waals surface area contributed by atoms with Crippen molar-refractivity contribution in [2.75, 3.05) is 0 Å². The first kappa shape index (κ1) is 14.7. The van der Waals surface area contributed by atoms with Gasteiger partial charge in [0.2, 0.25) is 5.12 Å². The van der Waals surface area contributed by atoms with Crippen molar-refractivity contribution in [3.05, 3.63) is 44.7 Å². The van der Waals surface area contributed by atoms with Gasteiger partial charge in [-0.2, -0.15) is 0 Å². The summed E-state index contributed by atoms with van der Waals surface area (Å²) in [5.74, 6) is 0. The van der Waals surface area contributed by atoms with E-state index < -0.39 is 0 Å². The number of hydrogen-bond acceptors (Lipinski definition) is 5. The molecule has 3 rings (SSSR count). The van der Waals surface area contributed by atoms with Gasteiger partial charge >= 0.3 is 0 Å². The second-order valence-electron chi connectivity index (χ2n) is 4.27. The van der Waals surface area contributed by atoms with E-state index in [1.807, 2.05) is 30.5 Å². The molecule has 0 fully saturated rings. The van der Waals surface area contributed by atoms with Gasteiger partial charge in [0.15, 0.2) is 0 Å². The second kappa shape index (κ2) is 5.88. The number of thiophene rings is 1. The summed E-state index contributed by atoms with van der Waals surface area (Å²) in [6, 6.07) is 5.55. The molecule has 3 aromatic rings. The maximum Gasteiger partial charge on any atom is 0.226 e. The molecule has 7 heteroatoms. The Labute approximate surface area is 140 Å². The molecule has 0 aromatic carbocycles. The lowest BCUT2D eigenvalue weighted by Crippen LogP contribution is -1.83. The summed E-state index contributed by atoms with van der Waals surface area (Å²) in [5, 5.41) is 3.01. The van der Waals surface area contributed by atoms with Gasteiger partial charge < -0.3 is 0 Å². The molecule has 0 saturated heterocycles. The summed E-state index contributed by atoms with van der Waals surface area (Å²) in [4.78, 5) is 21.7. The molecular formula is C14H9ClN2OS3. The third kappa shape index (κ3) is 2.89. The summed E-state index contributed by atoms with van der Waals surface area (Å²) in [7, 11) is 0. The highest BCUT2D eigenvalue weighted by atomic mass is 35.5. The molecule has 0 radical (unpaired) electrons. The lowest BCUT2D eigenvalue weighted by molar-refractivity contribution is 0.109. The number of carbonyl (C=O) groups is 1. The molecule has 0 aliphatic rings. The third-order valence-electron chi connectivity index (χ3n) is 2.90. The Morgan fingerprint density at radius 1 is 1.38 bits per heavy atom. The molecule has 106 valence electrons. The smallest absolute Gasteiger partial charge is 0.226 e. The molecule has 3 heterocycles. The Balaban J connectivity index is 2.03. The van der Waals surface area contributed by atoms with E-state index in [0.717, 1.165) is 26.7 Å². The number of carbonyl (C=O) groups excluding carboxylic acids is 1. The first-order valence-corrected chi connectivity index (χ1v) is 8.49. The van der Waals surface area contributed by atoms with Gasteiger partial charge in [-0.25, -0.2) is 9.97 Å². The number of thiazole rings is 1. The molecule has 0 atom stereocenters. The number of hydrogen-bond donors (Lipinski definition) is 1. The fraction of sp³-hybridized carbons (Fsp3) is 0.0714. The number of aromatic nitrogens is 2. The second-order valence-corrected chi connectivity index (χ2v) is 7.14. The predicted molar refractivity (Wildman–Crippen MR) is 91.7 cm³/mol. The molecule has 3 nitrogen and oxygen atoms in total. The minimum atomic E-state index is -0.221. The minimum Gasteiger partial charge on any atom is -0.281 e. The van der Waals surface area contributed by atoms with Gasteiger partial charge in [0.1, 0.15) is 10.2 Å². The lowest BCUT2D eigenvalue weighted by atomic mass is 10.2. The maximum absolute atomic E-state index is 11.3. The zero-order valence-electron chi connectivity index (χ0n) is 10.8. The van der Waals surface area contributed by atoms with Gasteiger partial charge in [-0.15, -0.1) is 22.7 Å². The molecule has 3 aromatic heterocycles. The molecule has 0 bridgehead atoms. The number of nitrogens with zero attached hydrogens (tertiary/aromatic N) is 2. The Morgan fingerprint density at radius 2 is 2.19 bits per heavy atom. The van der Waals surface area contributed by atoms with Crippen molar-refractivity contribution in [1.29, 1.82) is 0 Å². The quantitative estimate of drug-likeness (QED) is 0.534. The standard InChI is InChI=1S/C14H9ClN2OS3/c1-7-9(5-11(21-7)14(18)19)13-17-10(6-20-13)8-3-2-4-16-12(8)15/h2-6H,1H3,(H,18,19). The largest absolute Gasteiger partial charge is 0.281 e. The van der Waals surface area contributed by atoms with Crippen LogP contribution in [0.15, 0.2) is 29.8 Å². The summed E-state index contributed by atoms with van der Waals surface area (Å²) in [5.41, 5.74) is 2.56. The topological polar surface area (TPSA) is 42.9 Å².